The molecule has 1 rings (SSSR count). The number of benzene rings is 1. The molecule has 0 aromatic heterocycles. The number of nitriles is 1. The minimum atomic E-state index is -0.650. The van der Waals surface area contributed by atoms with Crippen molar-refractivity contribution >= 4 is 0 Å². The van der Waals surface area contributed by atoms with Gasteiger partial charge in [-0.25, -0.2) is 0 Å². The van der Waals surface area contributed by atoms with E-state index in [9.17, 15) is 5.26 Å². The van der Waals surface area contributed by atoms with Gasteiger partial charge in [-0.3, -0.25) is 0 Å². The molecule has 0 aliphatic rings. The number of hydrogen-bond acceptors (Lipinski definition) is 5. The Morgan fingerprint density at radius 1 is 0.800 bits per heavy atom. The lowest BCUT2D eigenvalue weighted by atomic mass is 9.69. The average Bonchev–Trinajstić information content (AvgIpc) is 2.86. The molecule has 0 saturated heterocycles. The monoisotopic (exact) mass is 488 g/mol. The molecule has 0 aliphatic carbocycles. The highest BCUT2D eigenvalue weighted by Gasteiger charge is 2.39. The van der Waals surface area contributed by atoms with Crippen LogP contribution in [0.1, 0.15) is 103 Å². The minimum absolute atomic E-state index is 0.131. The molecule has 0 amide bonds. The van der Waals surface area contributed by atoms with Crippen LogP contribution in [0.5, 0.6) is 17.2 Å². The fraction of sp³-hybridized carbons (Fsp3) is 0.767. The average molecular weight is 489 g/mol. The summed E-state index contributed by atoms with van der Waals surface area (Å²) in [5.41, 5.74) is 0.232. The lowest BCUT2D eigenvalue weighted by Crippen LogP contribution is -2.33. The lowest BCUT2D eigenvalue weighted by molar-refractivity contribution is 0.276. The van der Waals surface area contributed by atoms with Gasteiger partial charge < -0.3 is 19.1 Å². The number of methoxy groups -OCH3 is 3. The molecule has 200 valence electrons. The van der Waals surface area contributed by atoms with Crippen LogP contribution in [0.15, 0.2) is 12.1 Å². The molecule has 0 radical (unpaired) electrons. The van der Waals surface area contributed by atoms with E-state index in [1.54, 1.807) is 21.3 Å². The van der Waals surface area contributed by atoms with Gasteiger partial charge in [0.2, 0.25) is 5.75 Å². The van der Waals surface area contributed by atoms with E-state index in [0.29, 0.717) is 17.2 Å². The summed E-state index contributed by atoms with van der Waals surface area (Å²) in [6.45, 7) is 8.62. The van der Waals surface area contributed by atoms with Crippen molar-refractivity contribution in [1.29, 1.82) is 5.26 Å². The number of ether oxygens (including phenoxy) is 3. The van der Waals surface area contributed by atoms with Crippen LogP contribution in [0.4, 0.5) is 0 Å². The summed E-state index contributed by atoms with van der Waals surface area (Å²) in [6.07, 6.45) is 15.4. The Kier molecular flexibility index (Phi) is 15.5. The van der Waals surface area contributed by atoms with Gasteiger partial charge in [0.15, 0.2) is 11.5 Å². The zero-order valence-corrected chi connectivity index (χ0v) is 23.8. The molecule has 0 aliphatic heterocycles. The Labute approximate surface area is 216 Å². The third kappa shape index (κ3) is 9.56. The van der Waals surface area contributed by atoms with Gasteiger partial charge in [-0.05, 0) is 57.5 Å². The standard InChI is InChI=1S/C30H52N2O3/c1-8-9-10-11-12-13-14-15-16-17-22-32(4)23-18-21-30(24-31,25(2)3)26-19-20-27(33-5)29(35-7)28(26)34-6/h19-20,25H,8-18,21-23H2,1-7H3. The highest BCUT2D eigenvalue weighted by atomic mass is 16.5. The highest BCUT2D eigenvalue weighted by molar-refractivity contribution is 5.59. The van der Waals surface area contributed by atoms with Crippen molar-refractivity contribution in [3.05, 3.63) is 17.7 Å². The summed E-state index contributed by atoms with van der Waals surface area (Å²) >= 11 is 0. The summed E-state index contributed by atoms with van der Waals surface area (Å²) in [4.78, 5) is 2.42. The van der Waals surface area contributed by atoms with E-state index in [1.807, 2.05) is 12.1 Å². The molecule has 1 atom stereocenters. The molecule has 1 unspecified atom stereocenters. The first-order chi connectivity index (χ1) is 16.9. The van der Waals surface area contributed by atoms with E-state index >= 15 is 0 Å². The van der Waals surface area contributed by atoms with Crippen LogP contribution >= 0.6 is 0 Å². The van der Waals surface area contributed by atoms with Gasteiger partial charge in [-0.1, -0.05) is 78.6 Å². The molecule has 5 heteroatoms. The summed E-state index contributed by atoms with van der Waals surface area (Å²) < 4.78 is 16.8. The summed E-state index contributed by atoms with van der Waals surface area (Å²) in [5, 5.41) is 10.4. The molecule has 5 nitrogen and oxygen atoms in total. The van der Waals surface area contributed by atoms with E-state index in [-0.39, 0.29) is 5.92 Å². The molecule has 0 heterocycles. The van der Waals surface area contributed by atoms with Crippen LogP contribution in [0.3, 0.4) is 0 Å². The van der Waals surface area contributed by atoms with Gasteiger partial charge in [0.1, 0.15) is 0 Å². The van der Waals surface area contributed by atoms with Crippen molar-refractivity contribution < 1.29 is 14.2 Å². The normalized spacial score (nSPS) is 13.0. The zero-order valence-electron chi connectivity index (χ0n) is 23.8. The fourth-order valence-corrected chi connectivity index (χ4v) is 5.04. The quantitative estimate of drug-likeness (QED) is 0.176. The van der Waals surface area contributed by atoms with Crippen LogP contribution in [0, 0.1) is 17.2 Å². The maximum atomic E-state index is 10.4. The third-order valence-electron chi connectivity index (χ3n) is 7.37. The first-order valence-electron chi connectivity index (χ1n) is 13.8. The Bertz CT molecular complexity index is 744. The van der Waals surface area contributed by atoms with Gasteiger partial charge in [-0.2, -0.15) is 5.26 Å². The van der Waals surface area contributed by atoms with E-state index < -0.39 is 5.41 Å². The SMILES string of the molecule is CCCCCCCCCCCCN(C)CCCC(C#N)(c1ccc(OC)c(OC)c1OC)C(C)C. The predicted octanol–water partition coefficient (Wildman–Crippen LogP) is 7.76. The Hall–Kier alpha value is -1.93. The molecule has 1 aromatic carbocycles. The van der Waals surface area contributed by atoms with Crippen LogP contribution in [0.25, 0.3) is 0 Å². The van der Waals surface area contributed by atoms with Gasteiger partial charge in [-0.15, -0.1) is 0 Å². The number of hydrogen-bond donors (Lipinski definition) is 0. The zero-order chi connectivity index (χ0) is 26.1. The van der Waals surface area contributed by atoms with E-state index in [4.69, 9.17) is 14.2 Å². The molecule has 0 N–H and O–H groups in total. The van der Waals surface area contributed by atoms with Crippen LogP contribution in [0.2, 0.25) is 0 Å². The van der Waals surface area contributed by atoms with E-state index in [1.165, 1.54) is 64.2 Å². The van der Waals surface area contributed by atoms with Gasteiger partial charge >= 0.3 is 0 Å². The van der Waals surface area contributed by atoms with E-state index in [2.05, 4.69) is 38.8 Å². The molecule has 0 saturated carbocycles. The maximum absolute atomic E-state index is 10.4. The summed E-state index contributed by atoms with van der Waals surface area (Å²) in [7, 11) is 7.05. The molecule has 0 spiro atoms. The Balaban J connectivity index is 2.59. The van der Waals surface area contributed by atoms with E-state index in [0.717, 1.165) is 31.5 Å². The van der Waals surface area contributed by atoms with Crippen molar-refractivity contribution in [3.8, 4) is 23.3 Å². The summed E-state index contributed by atoms with van der Waals surface area (Å²) in [6, 6.07) is 6.51. The maximum Gasteiger partial charge on any atom is 0.203 e. The van der Waals surface area contributed by atoms with Gasteiger partial charge in [0.05, 0.1) is 32.8 Å². The largest absolute Gasteiger partial charge is 0.493 e. The lowest BCUT2D eigenvalue weighted by Gasteiger charge is -2.34. The number of rotatable bonds is 20. The number of unbranched alkanes of at least 4 members (excludes halogenated alkanes) is 9. The van der Waals surface area contributed by atoms with Crippen LogP contribution in [-0.2, 0) is 5.41 Å². The van der Waals surface area contributed by atoms with Crippen LogP contribution < -0.4 is 14.2 Å². The van der Waals surface area contributed by atoms with Crippen molar-refractivity contribution in [1.82, 2.24) is 4.90 Å². The Morgan fingerprint density at radius 3 is 1.83 bits per heavy atom. The first-order valence-corrected chi connectivity index (χ1v) is 13.8. The van der Waals surface area contributed by atoms with Crippen molar-refractivity contribution in [2.45, 2.75) is 103 Å². The predicted molar refractivity (Wildman–Crippen MR) is 147 cm³/mol. The topological polar surface area (TPSA) is 54.7 Å². The van der Waals surface area contributed by atoms with Crippen molar-refractivity contribution in [2.24, 2.45) is 5.92 Å². The Morgan fingerprint density at radius 2 is 1.34 bits per heavy atom. The smallest absolute Gasteiger partial charge is 0.203 e. The molecule has 0 fully saturated rings. The van der Waals surface area contributed by atoms with Gasteiger partial charge in [0.25, 0.3) is 0 Å². The molecule has 1 aromatic rings. The van der Waals surface area contributed by atoms with Crippen molar-refractivity contribution in [3.63, 3.8) is 0 Å². The minimum Gasteiger partial charge on any atom is -0.493 e. The van der Waals surface area contributed by atoms with Gasteiger partial charge in [0, 0.05) is 5.56 Å². The first kappa shape index (κ1) is 31.1. The summed E-state index contributed by atoms with van der Waals surface area (Å²) in [5.74, 6) is 1.89. The molecule has 0 bridgehead atoms. The second kappa shape index (κ2) is 17.5. The molecule has 35 heavy (non-hydrogen) atoms. The van der Waals surface area contributed by atoms with Crippen LogP contribution in [-0.4, -0.2) is 46.4 Å². The second-order valence-corrected chi connectivity index (χ2v) is 10.2. The number of nitrogens with zero attached hydrogens (tertiary/aromatic N) is 2. The third-order valence-corrected chi connectivity index (χ3v) is 7.37. The van der Waals surface area contributed by atoms with Crippen molar-refractivity contribution in [2.75, 3.05) is 41.5 Å². The molecular formula is C30H52N2O3. The fourth-order valence-electron chi connectivity index (χ4n) is 5.04. The second-order valence-electron chi connectivity index (χ2n) is 10.2. The molecular weight excluding hydrogens is 436 g/mol. The highest BCUT2D eigenvalue weighted by Crippen LogP contribution is 2.48.